The molecule has 0 radical (unpaired) electrons. The van der Waals surface area contributed by atoms with Gasteiger partial charge in [0.1, 0.15) is 0 Å². The minimum absolute atomic E-state index is 0.0781. The molecule has 1 amide bonds. The van der Waals surface area contributed by atoms with Gasteiger partial charge in [-0.15, -0.1) is 0 Å². The van der Waals surface area contributed by atoms with Gasteiger partial charge in [-0.3, -0.25) is 4.79 Å². The van der Waals surface area contributed by atoms with Crippen LogP contribution in [-0.2, 0) is 17.4 Å². The van der Waals surface area contributed by atoms with Crippen LogP contribution < -0.4 is 5.32 Å². The average Bonchev–Trinajstić information content (AvgIpc) is 2.52. The molecular formula is C16H15F3N2OS. The standard InChI is InChI=1S/C16H15F3N2OS/c1-2-11-4-3-5-13(8-11)21-14(22)10-23-15-7-6-12(9-20-15)16(17,18)19/h3-9H,2,10H2,1H3,(H,21,22). The molecule has 3 nitrogen and oxygen atoms in total. The number of anilines is 1. The fourth-order valence-electron chi connectivity index (χ4n) is 1.84. The Morgan fingerprint density at radius 3 is 2.65 bits per heavy atom. The first kappa shape index (κ1) is 17.3. The zero-order valence-electron chi connectivity index (χ0n) is 12.4. The van der Waals surface area contributed by atoms with Gasteiger partial charge in [0.25, 0.3) is 0 Å². The quantitative estimate of drug-likeness (QED) is 0.821. The Hall–Kier alpha value is -2.02. The summed E-state index contributed by atoms with van der Waals surface area (Å²) in [4.78, 5) is 15.6. The van der Waals surface area contributed by atoms with Crippen molar-refractivity contribution in [3.8, 4) is 0 Å². The lowest BCUT2D eigenvalue weighted by Crippen LogP contribution is -2.14. The van der Waals surface area contributed by atoms with Gasteiger partial charge in [0, 0.05) is 11.9 Å². The first-order chi connectivity index (χ1) is 10.9. The maximum absolute atomic E-state index is 12.4. The lowest BCUT2D eigenvalue weighted by molar-refractivity contribution is -0.137. The van der Waals surface area contributed by atoms with E-state index in [0.717, 1.165) is 36.0 Å². The lowest BCUT2D eigenvalue weighted by atomic mass is 10.1. The van der Waals surface area contributed by atoms with E-state index in [4.69, 9.17) is 0 Å². The van der Waals surface area contributed by atoms with E-state index in [1.807, 2.05) is 25.1 Å². The van der Waals surface area contributed by atoms with E-state index in [9.17, 15) is 18.0 Å². The molecule has 1 aromatic carbocycles. The van der Waals surface area contributed by atoms with Gasteiger partial charge in [-0.25, -0.2) is 4.98 Å². The van der Waals surface area contributed by atoms with Crippen LogP contribution in [0.15, 0.2) is 47.6 Å². The van der Waals surface area contributed by atoms with Gasteiger partial charge in [-0.1, -0.05) is 30.8 Å². The maximum atomic E-state index is 12.4. The summed E-state index contributed by atoms with van der Waals surface area (Å²) in [5, 5.41) is 3.13. The predicted octanol–water partition coefficient (Wildman–Crippen LogP) is 4.39. The number of aryl methyl sites for hydroxylation is 1. The normalized spacial score (nSPS) is 11.3. The van der Waals surface area contributed by atoms with Crippen molar-refractivity contribution in [1.82, 2.24) is 4.98 Å². The van der Waals surface area contributed by atoms with Crippen LogP contribution in [0.3, 0.4) is 0 Å². The van der Waals surface area contributed by atoms with E-state index in [1.54, 1.807) is 6.07 Å². The molecule has 122 valence electrons. The van der Waals surface area contributed by atoms with Crippen LogP contribution >= 0.6 is 11.8 Å². The molecule has 0 fully saturated rings. The Morgan fingerprint density at radius 1 is 1.26 bits per heavy atom. The predicted molar refractivity (Wildman–Crippen MR) is 84.4 cm³/mol. The van der Waals surface area contributed by atoms with E-state index in [1.165, 1.54) is 6.07 Å². The Kier molecular flexibility index (Phi) is 5.65. The van der Waals surface area contributed by atoms with Gasteiger partial charge >= 0.3 is 6.18 Å². The highest BCUT2D eigenvalue weighted by Gasteiger charge is 2.30. The van der Waals surface area contributed by atoms with Gasteiger partial charge in [-0.2, -0.15) is 13.2 Å². The molecule has 2 aromatic rings. The summed E-state index contributed by atoms with van der Waals surface area (Å²) < 4.78 is 37.3. The molecule has 0 spiro atoms. The third-order valence-electron chi connectivity index (χ3n) is 3.03. The number of hydrogen-bond donors (Lipinski definition) is 1. The summed E-state index contributed by atoms with van der Waals surface area (Å²) in [6.07, 6.45) is -2.77. The Morgan fingerprint density at radius 2 is 2.04 bits per heavy atom. The molecule has 0 bridgehead atoms. The second kappa shape index (κ2) is 7.50. The fraction of sp³-hybridized carbons (Fsp3) is 0.250. The van der Waals surface area contributed by atoms with Gasteiger partial charge in [0.2, 0.25) is 5.91 Å². The van der Waals surface area contributed by atoms with E-state index in [-0.39, 0.29) is 11.7 Å². The van der Waals surface area contributed by atoms with Crippen LogP contribution in [-0.4, -0.2) is 16.6 Å². The number of alkyl halides is 3. The molecule has 0 unspecified atom stereocenters. The smallest absolute Gasteiger partial charge is 0.325 e. The summed E-state index contributed by atoms with van der Waals surface area (Å²) in [6, 6.07) is 9.73. The highest BCUT2D eigenvalue weighted by atomic mass is 32.2. The molecule has 2 rings (SSSR count). The summed E-state index contributed by atoms with van der Waals surface area (Å²) in [7, 11) is 0. The zero-order valence-corrected chi connectivity index (χ0v) is 13.2. The lowest BCUT2D eigenvalue weighted by Gasteiger charge is -2.08. The molecule has 0 saturated carbocycles. The fourth-order valence-corrected chi connectivity index (χ4v) is 2.48. The number of nitrogens with one attached hydrogen (secondary N) is 1. The second-order valence-corrected chi connectivity index (χ2v) is 5.77. The molecular weight excluding hydrogens is 325 g/mol. The first-order valence-corrected chi connectivity index (χ1v) is 7.92. The van der Waals surface area contributed by atoms with E-state index in [2.05, 4.69) is 10.3 Å². The van der Waals surface area contributed by atoms with Crippen molar-refractivity contribution >= 4 is 23.4 Å². The molecule has 0 atom stereocenters. The number of hydrogen-bond acceptors (Lipinski definition) is 3. The van der Waals surface area contributed by atoms with E-state index in [0.29, 0.717) is 10.7 Å². The number of aromatic nitrogens is 1. The molecule has 0 saturated heterocycles. The Balaban J connectivity index is 1.89. The van der Waals surface area contributed by atoms with Gasteiger partial charge in [-0.05, 0) is 36.2 Å². The topological polar surface area (TPSA) is 42.0 Å². The summed E-state index contributed by atoms with van der Waals surface area (Å²) >= 11 is 1.09. The van der Waals surface area contributed by atoms with Crippen molar-refractivity contribution < 1.29 is 18.0 Å². The maximum Gasteiger partial charge on any atom is 0.417 e. The number of benzene rings is 1. The monoisotopic (exact) mass is 340 g/mol. The van der Waals surface area contributed by atoms with Gasteiger partial charge in [0.05, 0.1) is 16.3 Å². The number of thioether (sulfide) groups is 1. The number of pyridine rings is 1. The molecule has 1 aromatic heterocycles. The molecule has 7 heteroatoms. The SMILES string of the molecule is CCc1cccc(NC(=O)CSc2ccc(C(F)(F)F)cn2)c1. The Labute approximate surface area is 136 Å². The van der Waals surface area contributed by atoms with Crippen LogP contribution in [0, 0.1) is 0 Å². The molecule has 1 N–H and O–H groups in total. The third kappa shape index (κ3) is 5.28. The second-order valence-electron chi connectivity index (χ2n) is 4.77. The van der Waals surface area contributed by atoms with Crippen molar-refractivity contribution in [1.29, 1.82) is 0 Å². The number of carbonyl (C=O) groups excluding carboxylic acids is 1. The molecule has 0 aliphatic heterocycles. The summed E-state index contributed by atoms with van der Waals surface area (Å²) in [6.45, 7) is 2.02. The number of nitrogens with zero attached hydrogens (tertiary/aromatic N) is 1. The van der Waals surface area contributed by atoms with Crippen molar-refractivity contribution in [3.63, 3.8) is 0 Å². The van der Waals surface area contributed by atoms with Crippen molar-refractivity contribution in [2.75, 3.05) is 11.1 Å². The first-order valence-electron chi connectivity index (χ1n) is 6.93. The molecule has 1 heterocycles. The van der Waals surface area contributed by atoms with Gasteiger partial charge < -0.3 is 5.32 Å². The summed E-state index contributed by atoms with van der Waals surface area (Å²) in [5.74, 6) is -0.153. The van der Waals surface area contributed by atoms with Crippen LogP contribution in [0.1, 0.15) is 18.1 Å². The Bertz CT molecular complexity index is 672. The van der Waals surface area contributed by atoms with Crippen LogP contribution in [0.4, 0.5) is 18.9 Å². The van der Waals surface area contributed by atoms with E-state index < -0.39 is 11.7 Å². The van der Waals surface area contributed by atoms with Crippen molar-refractivity contribution in [3.05, 3.63) is 53.7 Å². The minimum Gasteiger partial charge on any atom is -0.325 e. The zero-order chi connectivity index (χ0) is 16.9. The largest absolute Gasteiger partial charge is 0.417 e. The number of halogens is 3. The van der Waals surface area contributed by atoms with Crippen LogP contribution in [0.25, 0.3) is 0 Å². The minimum atomic E-state index is -4.40. The molecule has 23 heavy (non-hydrogen) atoms. The molecule has 0 aliphatic carbocycles. The van der Waals surface area contributed by atoms with Crippen LogP contribution in [0.5, 0.6) is 0 Å². The van der Waals surface area contributed by atoms with Crippen LogP contribution in [0.2, 0.25) is 0 Å². The number of carbonyl (C=O) groups is 1. The number of rotatable bonds is 5. The average molecular weight is 340 g/mol. The highest BCUT2D eigenvalue weighted by molar-refractivity contribution is 7.99. The summed E-state index contributed by atoms with van der Waals surface area (Å²) in [5.41, 5.74) is 1.01. The number of amides is 1. The highest BCUT2D eigenvalue weighted by Crippen LogP contribution is 2.29. The third-order valence-corrected chi connectivity index (χ3v) is 3.98. The van der Waals surface area contributed by atoms with Crippen molar-refractivity contribution in [2.45, 2.75) is 24.5 Å². The van der Waals surface area contributed by atoms with Crippen molar-refractivity contribution in [2.24, 2.45) is 0 Å². The van der Waals surface area contributed by atoms with Gasteiger partial charge in [0.15, 0.2) is 0 Å². The molecule has 0 aliphatic rings. The van der Waals surface area contributed by atoms with E-state index >= 15 is 0 Å².